The number of carbonyl (C=O) groups excluding carboxylic acids is 1. The van der Waals surface area contributed by atoms with Crippen LogP contribution in [0.15, 0.2) is 47.6 Å². The van der Waals surface area contributed by atoms with E-state index < -0.39 is 5.60 Å². The first kappa shape index (κ1) is 21.3. The van der Waals surface area contributed by atoms with Crippen LogP contribution in [-0.4, -0.2) is 35.2 Å². The fourth-order valence-electron chi connectivity index (χ4n) is 5.27. The first-order chi connectivity index (χ1) is 15.3. The molecule has 3 heterocycles. The largest absolute Gasteiger partial charge is 0.487 e. The van der Waals surface area contributed by atoms with Crippen LogP contribution < -0.4 is 4.74 Å². The third-order valence-electron chi connectivity index (χ3n) is 7.00. The molecule has 0 radical (unpaired) electrons. The molecule has 3 aliphatic heterocycles. The minimum atomic E-state index is -0.557. The summed E-state index contributed by atoms with van der Waals surface area (Å²) in [4.78, 5) is 20.8. The molecule has 0 N–H and O–H groups in total. The third kappa shape index (κ3) is 3.66. The number of rotatable bonds is 2. The summed E-state index contributed by atoms with van der Waals surface area (Å²) in [5, 5.41) is 5.24. The summed E-state index contributed by atoms with van der Waals surface area (Å²) in [6.45, 7) is 7.42. The second kappa shape index (κ2) is 7.80. The van der Waals surface area contributed by atoms with Crippen molar-refractivity contribution in [2.24, 2.45) is 11.1 Å². The van der Waals surface area contributed by atoms with Gasteiger partial charge in [0, 0.05) is 55.3 Å². The topological polar surface area (TPSA) is 51.1 Å². The van der Waals surface area contributed by atoms with E-state index >= 15 is 0 Å². The molecule has 1 amide bonds. The number of benzene rings is 2. The maximum absolute atomic E-state index is 12.5. The van der Waals surface area contributed by atoms with Crippen molar-refractivity contribution >= 4 is 23.2 Å². The smallest absolute Gasteiger partial charge is 0.225 e. The standard InChI is InChI=1S/C26H29ClN2O3/c1-17(2)24(30)29-12-10-25(11-13-29)16-26(21-14-18(3)4-9-23(21)31-25)15-22(28-32-26)19-5-7-20(27)8-6-19/h4-9,14,17H,10-13,15-16H2,1-3H3. The number of hydrogen-bond donors (Lipinski definition) is 0. The van der Waals surface area contributed by atoms with Gasteiger partial charge in [-0.3, -0.25) is 4.79 Å². The Morgan fingerprint density at radius 2 is 1.84 bits per heavy atom. The molecule has 5 rings (SSSR count). The number of likely N-dealkylation sites (tertiary alicyclic amines) is 1. The van der Waals surface area contributed by atoms with Crippen LogP contribution in [0.1, 0.15) is 56.2 Å². The molecular formula is C26H29ClN2O3. The number of oxime groups is 1. The minimum Gasteiger partial charge on any atom is -0.487 e. The number of amides is 1. The number of halogens is 1. The molecule has 0 saturated carbocycles. The molecule has 3 aliphatic rings. The lowest BCUT2D eigenvalue weighted by Gasteiger charge is -2.49. The molecule has 2 spiro atoms. The van der Waals surface area contributed by atoms with Gasteiger partial charge in [-0.2, -0.15) is 0 Å². The Balaban J connectivity index is 1.45. The van der Waals surface area contributed by atoms with E-state index in [1.165, 1.54) is 5.56 Å². The van der Waals surface area contributed by atoms with Crippen molar-refractivity contribution in [2.75, 3.05) is 13.1 Å². The van der Waals surface area contributed by atoms with Crippen molar-refractivity contribution in [1.82, 2.24) is 4.90 Å². The normalized spacial score (nSPS) is 23.7. The second-order valence-electron chi connectivity index (χ2n) is 9.75. The van der Waals surface area contributed by atoms with E-state index in [0.717, 1.165) is 41.9 Å². The van der Waals surface area contributed by atoms with Crippen molar-refractivity contribution in [3.05, 3.63) is 64.2 Å². The Bertz CT molecular complexity index is 1070. The minimum absolute atomic E-state index is 0.0138. The first-order valence-electron chi connectivity index (χ1n) is 11.4. The third-order valence-corrected chi connectivity index (χ3v) is 7.25. The number of nitrogens with zero attached hydrogens (tertiary/aromatic N) is 2. The summed E-state index contributed by atoms with van der Waals surface area (Å²) in [5.74, 6) is 1.10. The summed E-state index contributed by atoms with van der Waals surface area (Å²) in [6.07, 6.45) is 2.99. The van der Waals surface area contributed by atoms with E-state index in [2.05, 4.69) is 30.3 Å². The highest BCUT2D eigenvalue weighted by Gasteiger charge is 2.55. The monoisotopic (exact) mass is 452 g/mol. The average Bonchev–Trinajstić information content (AvgIpc) is 3.19. The maximum Gasteiger partial charge on any atom is 0.225 e. The number of hydrogen-bond acceptors (Lipinski definition) is 4. The van der Waals surface area contributed by atoms with Crippen molar-refractivity contribution in [2.45, 2.75) is 57.7 Å². The van der Waals surface area contributed by atoms with Crippen LogP contribution in [0, 0.1) is 12.8 Å². The van der Waals surface area contributed by atoms with Gasteiger partial charge in [-0.05, 0) is 36.8 Å². The van der Waals surface area contributed by atoms with Gasteiger partial charge in [-0.1, -0.05) is 54.4 Å². The number of carbonyl (C=O) groups is 1. The highest BCUT2D eigenvalue weighted by atomic mass is 35.5. The fourth-order valence-corrected chi connectivity index (χ4v) is 5.39. The van der Waals surface area contributed by atoms with Crippen molar-refractivity contribution in [3.8, 4) is 5.75 Å². The Kier molecular flexibility index (Phi) is 5.20. The Morgan fingerprint density at radius 1 is 1.12 bits per heavy atom. The quantitative estimate of drug-likeness (QED) is 0.607. The van der Waals surface area contributed by atoms with Crippen LogP contribution in [-0.2, 0) is 15.2 Å². The molecule has 0 aliphatic carbocycles. The number of aryl methyl sites for hydroxylation is 1. The van der Waals surface area contributed by atoms with E-state index in [1.54, 1.807) is 0 Å². The average molecular weight is 453 g/mol. The summed E-state index contributed by atoms with van der Waals surface area (Å²) in [7, 11) is 0. The summed E-state index contributed by atoms with van der Waals surface area (Å²) < 4.78 is 6.66. The Morgan fingerprint density at radius 3 is 2.53 bits per heavy atom. The molecule has 0 bridgehead atoms. The molecule has 1 unspecified atom stereocenters. The Hall–Kier alpha value is -2.53. The zero-order valence-corrected chi connectivity index (χ0v) is 19.6. The fraction of sp³-hybridized carbons (Fsp3) is 0.462. The molecule has 0 aromatic heterocycles. The second-order valence-corrected chi connectivity index (χ2v) is 10.2. The molecule has 1 atom stereocenters. The van der Waals surface area contributed by atoms with Crippen molar-refractivity contribution < 1.29 is 14.4 Å². The van der Waals surface area contributed by atoms with Gasteiger partial charge in [0.2, 0.25) is 5.91 Å². The molecule has 6 heteroatoms. The highest BCUT2D eigenvalue weighted by molar-refractivity contribution is 6.30. The molecule has 1 fully saturated rings. The van der Waals surface area contributed by atoms with E-state index in [-0.39, 0.29) is 17.4 Å². The van der Waals surface area contributed by atoms with Crippen molar-refractivity contribution in [1.29, 1.82) is 0 Å². The van der Waals surface area contributed by atoms with Gasteiger partial charge in [-0.15, -0.1) is 0 Å². The van der Waals surface area contributed by atoms with Crippen molar-refractivity contribution in [3.63, 3.8) is 0 Å². The molecule has 168 valence electrons. The first-order valence-corrected chi connectivity index (χ1v) is 11.8. The Labute approximate surface area is 194 Å². The van der Waals surface area contributed by atoms with Crippen LogP contribution in [0.5, 0.6) is 5.75 Å². The van der Waals surface area contributed by atoms with Crippen LogP contribution in [0.3, 0.4) is 0 Å². The van der Waals surface area contributed by atoms with E-state index in [1.807, 2.05) is 43.0 Å². The van der Waals surface area contributed by atoms with E-state index in [9.17, 15) is 4.79 Å². The van der Waals surface area contributed by atoms with Gasteiger partial charge in [-0.25, -0.2) is 0 Å². The number of piperidine rings is 1. The van der Waals surface area contributed by atoms with Gasteiger partial charge in [0.05, 0.1) is 5.71 Å². The van der Waals surface area contributed by atoms with E-state index in [0.29, 0.717) is 24.5 Å². The predicted molar refractivity (Wildman–Crippen MR) is 125 cm³/mol. The molecule has 2 aromatic rings. The highest BCUT2D eigenvalue weighted by Crippen LogP contribution is 2.53. The lowest BCUT2D eigenvalue weighted by molar-refractivity contribution is -0.145. The molecule has 32 heavy (non-hydrogen) atoms. The number of fused-ring (bicyclic) bond motifs is 2. The molecule has 1 saturated heterocycles. The molecule has 2 aromatic carbocycles. The van der Waals surface area contributed by atoms with E-state index in [4.69, 9.17) is 21.2 Å². The maximum atomic E-state index is 12.5. The molecular weight excluding hydrogens is 424 g/mol. The predicted octanol–water partition coefficient (Wildman–Crippen LogP) is 5.47. The van der Waals surface area contributed by atoms with Crippen LogP contribution in [0.4, 0.5) is 0 Å². The van der Waals surface area contributed by atoms with Gasteiger partial charge < -0.3 is 14.5 Å². The van der Waals surface area contributed by atoms with Crippen LogP contribution in [0.2, 0.25) is 5.02 Å². The number of ether oxygens (including phenoxy) is 1. The van der Waals surface area contributed by atoms with Crippen LogP contribution >= 0.6 is 11.6 Å². The van der Waals surface area contributed by atoms with Gasteiger partial charge in [0.1, 0.15) is 11.4 Å². The van der Waals surface area contributed by atoms with Gasteiger partial charge >= 0.3 is 0 Å². The lowest BCUT2D eigenvalue weighted by Crippen LogP contribution is -2.55. The zero-order valence-electron chi connectivity index (χ0n) is 18.9. The van der Waals surface area contributed by atoms with Gasteiger partial charge in [0.15, 0.2) is 5.60 Å². The van der Waals surface area contributed by atoms with Gasteiger partial charge in [0.25, 0.3) is 0 Å². The lowest BCUT2D eigenvalue weighted by atomic mass is 9.72. The van der Waals surface area contributed by atoms with Crippen LogP contribution in [0.25, 0.3) is 0 Å². The SMILES string of the molecule is Cc1ccc2c(c1)C1(CC(c3ccc(Cl)cc3)=NO1)CC1(CCN(C(=O)C(C)C)CC1)O2. The molecule has 5 nitrogen and oxygen atoms in total. The summed E-state index contributed by atoms with van der Waals surface area (Å²) in [6, 6.07) is 14.1. The summed E-state index contributed by atoms with van der Waals surface area (Å²) in [5.41, 5.74) is 3.27. The summed E-state index contributed by atoms with van der Waals surface area (Å²) >= 11 is 6.08. The zero-order chi connectivity index (χ0) is 22.5.